The number of nitrogens with two attached hydrogens (primary N) is 1. The standard InChI is InChI=1S/C17H19BrN4O/c18-14-15(11-6-7-11)20-21-16(14)17(23)22-8-12(13(19)9-22)10-4-2-1-3-5-10/h1-5,11-13H,6-9,19H2,(H,20,21)/t12-,13+/m0/s1. The number of aromatic nitrogens is 2. The smallest absolute Gasteiger partial charge is 0.275 e. The van der Waals surface area contributed by atoms with E-state index in [1.165, 1.54) is 18.4 Å². The van der Waals surface area contributed by atoms with Gasteiger partial charge in [-0.25, -0.2) is 0 Å². The normalized spacial score (nSPS) is 24.2. The summed E-state index contributed by atoms with van der Waals surface area (Å²) in [7, 11) is 0. The number of hydrogen-bond donors (Lipinski definition) is 2. The molecule has 1 aliphatic carbocycles. The summed E-state index contributed by atoms with van der Waals surface area (Å²) >= 11 is 3.54. The van der Waals surface area contributed by atoms with Gasteiger partial charge >= 0.3 is 0 Å². The number of nitrogens with one attached hydrogen (secondary N) is 1. The summed E-state index contributed by atoms with van der Waals surface area (Å²) in [4.78, 5) is 14.6. The molecule has 2 aromatic rings. The van der Waals surface area contributed by atoms with Gasteiger partial charge in [0.05, 0.1) is 10.2 Å². The maximum absolute atomic E-state index is 12.8. The molecule has 2 heterocycles. The van der Waals surface area contributed by atoms with Crippen molar-refractivity contribution in [2.75, 3.05) is 13.1 Å². The van der Waals surface area contributed by atoms with E-state index in [-0.39, 0.29) is 17.9 Å². The molecule has 0 bridgehead atoms. The fourth-order valence-electron chi connectivity index (χ4n) is 3.32. The highest BCUT2D eigenvalue weighted by Crippen LogP contribution is 2.43. The van der Waals surface area contributed by atoms with Gasteiger partial charge in [-0.1, -0.05) is 30.3 Å². The van der Waals surface area contributed by atoms with Crippen molar-refractivity contribution in [3.05, 3.63) is 51.8 Å². The second kappa shape index (κ2) is 5.76. The van der Waals surface area contributed by atoms with E-state index < -0.39 is 0 Å². The van der Waals surface area contributed by atoms with Crippen LogP contribution in [0, 0.1) is 0 Å². The Morgan fingerprint density at radius 3 is 2.70 bits per heavy atom. The van der Waals surface area contributed by atoms with Gasteiger partial charge in [-0.05, 0) is 34.3 Å². The molecule has 2 aliphatic rings. The Morgan fingerprint density at radius 2 is 2.00 bits per heavy atom. The van der Waals surface area contributed by atoms with E-state index in [1.54, 1.807) is 0 Å². The number of likely N-dealkylation sites (tertiary alicyclic amines) is 1. The van der Waals surface area contributed by atoms with Crippen LogP contribution in [0.2, 0.25) is 0 Å². The van der Waals surface area contributed by atoms with Crippen molar-refractivity contribution in [2.24, 2.45) is 5.73 Å². The highest BCUT2D eigenvalue weighted by molar-refractivity contribution is 9.10. The number of carbonyl (C=O) groups is 1. The van der Waals surface area contributed by atoms with Crippen molar-refractivity contribution in [3.8, 4) is 0 Å². The minimum Gasteiger partial charge on any atom is -0.335 e. The van der Waals surface area contributed by atoms with Crippen LogP contribution < -0.4 is 5.73 Å². The molecule has 0 radical (unpaired) electrons. The van der Waals surface area contributed by atoms with Crippen molar-refractivity contribution < 1.29 is 4.79 Å². The van der Waals surface area contributed by atoms with Crippen LogP contribution in [-0.2, 0) is 0 Å². The van der Waals surface area contributed by atoms with Gasteiger partial charge < -0.3 is 10.6 Å². The fraction of sp³-hybridized carbons (Fsp3) is 0.412. The van der Waals surface area contributed by atoms with Crippen LogP contribution in [0.1, 0.15) is 46.4 Å². The van der Waals surface area contributed by atoms with Crippen molar-refractivity contribution in [2.45, 2.75) is 30.7 Å². The lowest BCUT2D eigenvalue weighted by atomic mass is 9.95. The Kier molecular flexibility index (Phi) is 3.73. The molecule has 120 valence electrons. The average Bonchev–Trinajstić information content (AvgIpc) is 3.23. The SMILES string of the molecule is N[C@@H]1CN(C(=O)c2n[nH]c(C3CC3)c2Br)C[C@H]1c1ccccc1. The third kappa shape index (κ3) is 2.70. The highest BCUT2D eigenvalue weighted by atomic mass is 79.9. The van der Waals surface area contributed by atoms with E-state index in [0.29, 0.717) is 24.7 Å². The summed E-state index contributed by atoms with van der Waals surface area (Å²) in [5.41, 5.74) is 9.01. The number of benzene rings is 1. The number of nitrogens with zero attached hydrogens (tertiary/aromatic N) is 2. The number of hydrogen-bond acceptors (Lipinski definition) is 3. The van der Waals surface area contributed by atoms with Crippen LogP contribution in [0.15, 0.2) is 34.8 Å². The van der Waals surface area contributed by atoms with Crippen LogP contribution >= 0.6 is 15.9 Å². The first kappa shape index (κ1) is 14.9. The molecular weight excluding hydrogens is 356 g/mol. The van der Waals surface area contributed by atoms with Crippen LogP contribution in [0.3, 0.4) is 0 Å². The monoisotopic (exact) mass is 374 g/mol. The molecule has 5 nitrogen and oxygen atoms in total. The maximum Gasteiger partial charge on any atom is 0.275 e. The molecule has 0 spiro atoms. The van der Waals surface area contributed by atoms with E-state index in [0.717, 1.165) is 10.2 Å². The van der Waals surface area contributed by atoms with E-state index in [1.807, 2.05) is 23.1 Å². The molecule has 1 aliphatic heterocycles. The summed E-state index contributed by atoms with van der Waals surface area (Å²) in [6.45, 7) is 1.21. The summed E-state index contributed by atoms with van der Waals surface area (Å²) < 4.78 is 0.821. The van der Waals surface area contributed by atoms with Crippen molar-refractivity contribution >= 4 is 21.8 Å². The van der Waals surface area contributed by atoms with E-state index >= 15 is 0 Å². The van der Waals surface area contributed by atoms with E-state index in [9.17, 15) is 4.79 Å². The molecular formula is C17H19BrN4O. The molecule has 6 heteroatoms. The zero-order valence-electron chi connectivity index (χ0n) is 12.7. The number of H-pyrrole nitrogens is 1. The zero-order valence-corrected chi connectivity index (χ0v) is 14.3. The fourth-order valence-corrected chi connectivity index (χ4v) is 3.99. The summed E-state index contributed by atoms with van der Waals surface area (Å²) in [5, 5.41) is 7.26. The number of aromatic amines is 1. The molecule has 2 atom stereocenters. The number of halogens is 1. The zero-order chi connectivity index (χ0) is 16.0. The van der Waals surface area contributed by atoms with Crippen LogP contribution in [0.25, 0.3) is 0 Å². The summed E-state index contributed by atoms with van der Waals surface area (Å²) in [6, 6.07) is 10.1. The second-order valence-corrected chi connectivity index (χ2v) is 7.26. The molecule has 1 amide bonds. The maximum atomic E-state index is 12.8. The molecule has 23 heavy (non-hydrogen) atoms. The third-order valence-corrected chi connectivity index (χ3v) is 5.60. The second-order valence-electron chi connectivity index (χ2n) is 6.47. The Labute approximate surface area is 143 Å². The quantitative estimate of drug-likeness (QED) is 0.866. The Hall–Kier alpha value is -1.66. The van der Waals surface area contributed by atoms with Gasteiger partial charge in [-0.3, -0.25) is 9.89 Å². The lowest BCUT2D eigenvalue weighted by Gasteiger charge is -2.15. The largest absolute Gasteiger partial charge is 0.335 e. The third-order valence-electron chi connectivity index (χ3n) is 4.80. The van der Waals surface area contributed by atoms with Gasteiger partial charge in [0.2, 0.25) is 0 Å². The highest BCUT2D eigenvalue weighted by Gasteiger charge is 2.37. The Balaban J connectivity index is 1.54. The molecule has 2 fully saturated rings. The molecule has 1 aromatic carbocycles. The van der Waals surface area contributed by atoms with Gasteiger partial charge in [-0.15, -0.1) is 0 Å². The molecule has 1 saturated carbocycles. The van der Waals surface area contributed by atoms with Gasteiger partial charge in [-0.2, -0.15) is 5.10 Å². The molecule has 1 saturated heterocycles. The van der Waals surface area contributed by atoms with E-state index in [2.05, 4.69) is 38.3 Å². The molecule has 0 unspecified atom stereocenters. The first-order chi connectivity index (χ1) is 11.1. The van der Waals surface area contributed by atoms with Gasteiger partial charge in [0, 0.05) is 31.0 Å². The lowest BCUT2D eigenvalue weighted by molar-refractivity contribution is 0.0782. The lowest BCUT2D eigenvalue weighted by Crippen LogP contribution is -2.32. The molecule has 1 aromatic heterocycles. The summed E-state index contributed by atoms with van der Waals surface area (Å²) in [5.74, 6) is 0.658. The van der Waals surface area contributed by atoms with Crippen LogP contribution in [0.5, 0.6) is 0 Å². The van der Waals surface area contributed by atoms with Gasteiger partial charge in [0.15, 0.2) is 5.69 Å². The number of carbonyl (C=O) groups excluding carboxylic acids is 1. The number of rotatable bonds is 3. The van der Waals surface area contributed by atoms with Crippen molar-refractivity contribution in [1.82, 2.24) is 15.1 Å². The van der Waals surface area contributed by atoms with Crippen LogP contribution in [-0.4, -0.2) is 40.1 Å². The van der Waals surface area contributed by atoms with Crippen molar-refractivity contribution in [1.29, 1.82) is 0 Å². The minimum absolute atomic E-state index is 0.0398. The predicted octanol–water partition coefficient (Wildman–Crippen LogP) is 2.62. The Bertz CT molecular complexity index is 725. The van der Waals surface area contributed by atoms with Gasteiger partial charge in [0.1, 0.15) is 0 Å². The topological polar surface area (TPSA) is 75.0 Å². The molecule has 3 N–H and O–H groups in total. The first-order valence-corrected chi connectivity index (χ1v) is 8.78. The van der Waals surface area contributed by atoms with Crippen LogP contribution in [0.4, 0.5) is 0 Å². The molecule has 4 rings (SSSR count). The van der Waals surface area contributed by atoms with Gasteiger partial charge in [0.25, 0.3) is 5.91 Å². The average molecular weight is 375 g/mol. The minimum atomic E-state index is -0.0473. The van der Waals surface area contributed by atoms with E-state index in [4.69, 9.17) is 5.73 Å². The van der Waals surface area contributed by atoms with Crippen molar-refractivity contribution in [3.63, 3.8) is 0 Å². The first-order valence-electron chi connectivity index (χ1n) is 7.98. The Morgan fingerprint density at radius 1 is 1.26 bits per heavy atom. The number of amides is 1. The predicted molar refractivity (Wildman–Crippen MR) is 91.3 cm³/mol. The summed E-state index contributed by atoms with van der Waals surface area (Å²) in [6.07, 6.45) is 2.33.